The molecular weight excluding hydrogens is 306 g/mol. The van der Waals surface area contributed by atoms with Gasteiger partial charge in [-0.3, -0.25) is 0 Å². The molecule has 0 bridgehead atoms. The molecule has 2 aromatic rings. The van der Waals surface area contributed by atoms with Crippen LogP contribution in [-0.2, 0) is 0 Å². The number of aliphatic hydroxyl groups excluding tert-OH is 1. The van der Waals surface area contributed by atoms with Crippen molar-refractivity contribution in [3.8, 4) is 17.6 Å². The van der Waals surface area contributed by atoms with Crippen LogP contribution < -0.4 is 4.74 Å². The van der Waals surface area contributed by atoms with Gasteiger partial charge in [0.05, 0.1) is 11.6 Å². The molecule has 1 aromatic heterocycles. The summed E-state index contributed by atoms with van der Waals surface area (Å²) >= 11 is 7.59. The molecule has 0 aliphatic rings. The second kappa shape index (κ2) is 8.58. The van der Waals surface area contributed by atoms with E-state index in [4.69, 9.17) is 21.4 Å². The van der Waals surface area contributed by atoms with Crippen LogP contribution in [0.3, 0.4) is 0 Å². The van der Waals surface area contributed by atoms with Crippen molar-refractivity contribution in [2.45, 2.75) is 5.03 Å². The predicted octanol–water partition coefficient (Wildman–Crippen LogP) is 3.25. The number of halogens is 1. The van der Waals surface area contributed by atoms with Gasteiger partial charge in [0.25, 0.3) is 0 Å². The Bertz CT molecular complexity index is 635. The molecule has 0 aliphatic carbocycles. The van der Waals surface area contributed by atoms with E-state index >= 15 is 0 Å². The molecule has 108 valence electrons. The molecule has 0 fully saturated rings. The summed E-state index contributed by atoms with van der Waals surface area (Å²) in [7, 11) is 0. The Morgan fingerprint density at radius 3 is 2.76 bits per heavy atom. The fourth-order valence-corrected chi connectivity index (χ4v) is 2.54. The number of ether oxygens (including phenoxy) is 1. The molecule has 1 heterocycles. The smallest absolute Gasteiger partial charge is 0.119 e. The van der Waals surface area contributed by atoms with Gasteiger partial charge in [0.1, 0.15) is 17.4 Å². The fraction of sp³-hybridized carbons (Fsp3) is 0.188. The molecule has 0 radical (unpaired) electrons. The van der Waals surface area contributed by atoms with E-state index < -0.39 is 0 Å². The van der Waals surface area contributed by atoms with Crippen molar-refractivity contribution in [3.05, 3.63) is 53.2 Å². The first-order valence-corrected chi connectivity index (χ1v) is 7.72. The lowest BCUT2D eigenvalue weighted by Gasteiger charge is -2.06. The minimum absolute atomic E-state index is 0.133. The van der Waals surface area contributed by atoms with Gasteiger partial charge >= 0.3 is 0 Å². The Morgan fingerprint density at radius 1 is 1.24 bits per heavy atom. The highest BCUT2D eigenvalue weighted by molar-refractivity contribution is 7.99. The van der Waals surface area contributed by atoms with Crippen LogP contribution in [-0.4, -0.2) is 29.1 Å². The third kappa shape index (κ3) is 5.31. The van der Waals surface area contributed by atoms with Gasteiger partial charge < -0.3 is 9.84 Å². The lowest BCUT2D eigenvalue weighted by atomic mass is 10.2. The van der Waals surface area contributed by atoms with E-state index in [0.717, 1.165) is 22.1 Å². The molecule has 1 N–H and O–H groups in total. The van der Waals surface area contributed by atoms with Crippen molar-refractivity contribution in [1.82, 2.24) is 4.98 Å². The predicted molar refractivity (Wildman–Crippen MR) is 85.9 cm³/mol. The Hall–Kier alpha value is -1.67. The largest absolute Gasteiger partial charge is 0.493 e. The molecule has 0 atom stereocenters. The quantitative estimate of drug-likeness (QED) is 0.522. The number of thioether (sulfide) groups is 1. The van der Waals surface area contributed by atoms with E-state index in [1.807, 2.05) is 36.4 Å². The molecule has 2 rings (SSSR count). The van der Waals surface area contributed by atoms with E-state index in [1.54, 1.807) is 18.0 Å². The van der Waals surface area contributed by atoms with Gasteiger partial charge in [0.15, 0.2) is 0 Å². The molecule has 0 saturated heterocycles. The number of hydrogen-bond acceptors (Lipinski definition) is 4. The molecule has 1 aromatic carbocycles. The van der Waals surface area contributed by atoms with E-state index in [0.29, 0.717) is 11.6 Å². The number of aliphatic hydroxyl groups is 1. The van der Waals surface area contributed by atoms with Crippen LogP contribution in [0.5, 0.6) is 5.75 Å². The van der Waals surface area contributed by atoms with Crippen molar-refractivity contribution in [2.75, 3.05) is 19.0 Å². The maximum absolute atomic E-state index is 8.62. The lowest BCUT2D eigenvalue weighted by Crippen LogP contribution is -2.00. The van der Waals surface area contributed by atoms with Gasteiger partial charge in [-0.1, -0.05) is 23.4 Å². The van der Waals surface area contributed by atoms with E-state index in [9.17, 15) is 0 Å². The Morgan fingerprint density at radius 2 is 2.05 bits per heavy atom. The summed E-state index contributed by atoms with van der Waals surface area (Å²) in [6.45, 7) is 0.435. The van der Waals surface area contributed by atoms with Gasteiger partial charge in [0, 0.05) is 17.5 Å². The summed E-state index contributed by atoms with van der Waals surface area (Å²) in [5.41, 5.74) is 0.853. The normalized spacial score (nSPS) is 9.81. The van der Waals surface area contributed by atoms with Crippen molar-refractivity contribution in [1.29, 1.82) is 0 Å². The van der Waals surface area contributed by atoms with Crippen molar-refractivity contribution < 1.29 is 9.84 Å². The number of aromatic nitrogens is 1. The highest BCUT2D eigenvalue weighted by atomic mass is 35.5. The number of rotatable bonds is 5. The molecular formula is C16H14ClNO2S. The first-order valence-electron chi connectivity index (χ1n) is 6.35. The molecule has 0 spiro atoms. The van der Waals surface area contributed by atoms with Gasteiger partial charge in [-0.2, -0.15) is 0 Å². The average molecular weight is 320 g/mol. The van der Waals surface area contributed by atoms with Crippen LogP contribution in [0.25, 0.3) is 0 Å². The van der Waals surface area contributed by atoms with E-state index in [2.05, 4.69) is 16.8 Å². The zero-order valence-electron chi connectivity index (χ0n) is 11.3. The number of hydrogen-bond donors (Lipinski definition) is 1. The van der Waals surface area contributed by atoms with Crippen molar-refractivity contribution >= 4 is 23.4 Å². The molecule has 0 saturated carbocycles. The number of pyridine rings is 1. The summed E-state index contributed by atoms with van der Waals surface area (Å²) in [6.07, 6.45) is 1.72. The Balaban J connectivity index is 1.77. The monoisotopic (exact) mass is 319 g/mol. The fourth-order valence-electron chi connectivity index (χ4n) is 1.55. The van der Waals surface area contributed by atoms with E-state index in [-0.39, 0.29) is 6.61 Å². The standard InChI is InChI=1S/C16H14ClNO2S/c17-15-4-1-9-18-16(15)21-12-11-20-14-7-5-13(6-8-14)3-2-10-19/h1,4-9,19H,10-12H2. The van der Waals surface area contributed by atoms with Crippen LogP contribution in [0.15, 0.2) is 47.6 Å². The summed E-state index contributed by atoms with van der Waals surface area (Å²) in [4.78, 5) is 4.20. The Kier molecular flexibility index (Phi) is 6.42. The SMILES string of the molecule is OCC#Cc1ccc(OCCSc2ncccc2Cl)cc1. The molecule has 3 nitrogen and oxygen atoms in total. The van der Waals surface area contributed by atoms with Gasteiger partial charge in [0.2, 0.25) is 0 Å². The van der Waals surface area contributed by atoms with Crippen LogP contribution in [0, 0.1) is 11.8 Å². The van der Waals surface area contributed by atoms with Crippen LogP contribution in [0.4, 0.5) is 0 Å². The number of benzene rings is 1. The summed E-state index contributed by atoms with van der Waals surface area (Å²) in [6, 6.07) is 11.1. The third-order valence-electron chi connectivity index (χ3n) is 2.48. The van der Waals surface area contributed by atoms with Gasteiger partial charge in [-0.15, -0.1) is 11.8 Å². The molecule has 5 heteroatoms. The number of nitrogens with zero attached hydrogens (tertiary/aromatic N) is 1. The van der Waals surface area contributed by atoms with Crippen molar-refractivity contribution in [2.24, 2.45) is 0 Å². The maximum atomic E-state index is 8.62. The highest BCUT2D eigenvalue weighted by Crippen LogP contribution is 2.23. The first-order chi connectivity index (χ1) is 10.3. The highest BCUT2D eigenvalue weighted by Gasteiger charge is 2.01. The zero-order valence-corrected chi connectivity index (χ0v) is 12.8. The first kappa shape index (κ1) is 15.7. The minimum Gasteiger partial charge on any atom is -0.493 e. The van der Waals surface area contributed by atoms with E-state index in [1.165, 1.54) is 0 Å². The second-order valence-electron chi connectivity index (χ2n) is 3.97. The Labute approximate surface area is 133 Å². The minimum atomic E-state index is -0.133. The van der Waals surface area contributed by atoms with Crippen molar-refractivity contribution in [3.63, 3.8) is 0 Å². The van der Waals surface area contributed by atoms with Crippen LogP contribution in [0.1, 0.15) is 5.56 Å². The third-order valence-corrected chi connectivity index (χ3v) is 3.87. The topological polar surface area (TPSA) is 42.4 Å². The average Bonchev–Trinajstić information content (AvgIpc) is 2.52. The molecule has 21 heavy (non-hydrogen) atoms. The lowest BCUT2D eigenvalue weighted by molar-refractivity contribution is 0.344. The zero-order chi connectivity index (χ0) is 14.9. The summed E-state index contributed by atoms with van der Waals surface area (Å²) in [5, 5.41) is 10.1. The molecule has 0 unspecified atom stereocenters. The molecule has 0 amide bonds. The second-order valence-corrected chi connectivity index (χ2v) is 5.46. The summed E-state index contributed by atoms with van der Waals surface area (Å²) < 4.78 is 5.64. The molecule has 0 aliphatic heterocycles. The summed E-state index contributed by atoms with van der Waals surface area (Å²) in [5.74, 6) is 6.99. The maximum Gasteiger partial charge on any atom is 0.119 e. The van der Waals surface area contributed by atoms with Crippen LogP contribution >= 0.6 is 23.4 Å². The van der Waals surface area contributed by atoms with Gasteiger partial charge in [-0.05, 0) is 36.4 Å². The van der Waals surface area contributed by atoms with Gasteiger partial charge in [-0.25, -0.2) is 4.98 Å². The van der Waals surface area contributed by atoms with Crippen LogP contribution in [0.2, 0.25) is 5.02 Å².